The van der Waals surface area contributed by atoms with Crippen LogP contribution in [0.5, 0.6) is 0 Å². The largest absolute Gasteiger partial charge is 0.309 e. The third kappa shape index (κ3) is 4.31. The highest BCUT2D eigenvalue weighted by Crippen LogP contribution is 2.41. The number of hydrogen-bond acceptors (Lipinski definition) is 3. The van der Waals surface area contributed by atoms with Gasteiger partial charge in [0.25, 0.3) is 0 Å². The Bertz CT molecular complexity index is 2970. The molecule has 2 aromatic heterocycles. The van der Waals surface area contributed by atoms with E-state index in [4.69, 9.17) is 0 Å². The molecule has 7 aromatic carbocycles. The molecule has 9 rings (SSSR count). The summed E-state index contributed by atoms with van der Waals surface area (Å²) in [4.78, 5) is 0. The molecular formula is C45H25N5. The van der Waals surface area contributed by atoms with Crippen LogP contribution in [0.25, 0.3) is 77.2 Å². The maximum Gasteiger partial charge on any atom is 0.101 e. The molecule has 50 heavy (non-hydrogen) atoms. The number of nitrogens with zero attached hydrogens (tertiary/aromatic N) is 5. The second-order valence-electron chi connectivity index (χ2n) is 12.3. The number of para-hydroxylation sites is 4. The summed E-state index contributed by atoms with van der Waals surface area (Å²) in [6.45, 7) is 0. The summed E-state index contributed by atoms with van der Waals surface area (Å²) in [5.74, 6) is 0. The zero-order valence-electron chi connectivity index (χ0n) is 26.7. The van der Waals surface area contributed by atoms with Gasteiger partial charge < -0.3 is 9.13 Å². The Balaban J connectivity index is 1.30. The van der Waals surface area contributed by atoms with Gasteiger partial charge in [0.1, 0.15) is 6.07 Å². The predicted molar refractivity (Wildman–Crippen MR) is 200 cm³/mol. The molecule has 0 saturated carbocycles. The molecule has 230 valence electrons. The lowest BCUT2D eigenvalue weighted by Crippen LogP contribution is -1.99. The molecule has 0 spiro atoms. The second kappa shape index (κ2) is 11.4. The van der Waals surface area contributed by atoms with Crippen molar-refractivity contribution in [1.82, 2.24) is 9.13 Å². The van der Waals surface area contributed by atoms with E-state index >= 15 is 0 Å². The lowest BCUT2D eigenvalue weighted by Gasteiger charge is -2.18. The standard InChI is InChI=1S/C45H25N5/c46-26-29-20-21-44-40(24-29)38-15-5-8-19-43(38)50(44)42-18-7-3-13-36(42)35-12-2-1-11-34(35)32-22-30(27-47)23-33(25-32)49-41-17-6-4-14-37(41)39-16-9-10-31(28-48)45(39)49/h1-25H. The van der Waals surface area contributed by atoms with Gasteiger partial charge in [-0.25, -0.2) is 0 Å². The van der Waals surface area contributed by atoms with E-state index in [9.17, 15) is 15.8 Å². The van der Waals surface area contributed by atoms with Gasteiger partial charge in [-0.15, -0.1) is 0 Å². The fraction of sp³-hybridized carbons (Fsp3) is 0. The first-order chi connectivity index (χ1) is 24.7. The molecule has 0 aliphatic rings. The molecule has 0 N–H and O–H groups in total. The molecule has 0 bridgehead atoms. The normalized spacial score (nSPS) is 11.1. The Morgan fingerprint density at radius 1 is 0.400 bits per heavy atom. The third-order valence-electron chi connectivity index (χ3n) is 9.60. The maximum atomic E-state index is 10.3. The molecule has 0 atom stereocenters. The van der Waals surface area contributed by atoms with Gasteiger partial charge in [-0.3, -0.25) is 0 Å². The van der Waals surface area contributed by atoms with Gasteiger partial charge in [0.2, 0.25) is 0 Å². The van der Waals surface area contributed by atoms with Crippen molar-refractivity contribution in [3.05, 3.63) is 168 Å². The highest BCUT2D eigenvalue weighted by atomic mass is 15.0. The number of fused-ring (bicyclic) bond motifs is 6. The van der Waals surface area contributed by atoms with Crippen molar-refractivity contribution in [2.45, 2.75) is 0 Å². The zero-order chi connectivity index (χ0) is 33.8. The Kier molecular flexibility index (Phi) is 6.56. The quantitative estimate of drug-likeness (QED) is 0.193. The number of aromatic nitrogens is 2. The Labute approximate surface area is 287 Å². The van der Waals surface area contributed by atoms with Crippen LogP contribution in [0.1, 0.15) is 16.7 Å². The number of nitriles is 3. The van der Waals surface area contributed by atoms with Crippen LogP contribution in [0.2, 0.25) is 0 Å². The van der Waals surface area contributed by atoms with Crippen LogP contribution in [0.4, 0.5) is 0 Å². The molecule has 2 heterocycles. The molecule has 0 saturated heterocycles. The van der Waals surface area contributed by atoms with Crippen LogP contribution in [-0.4, -0.2) is 9.13 Å². The minimum absolute atomic E-state index is 0.525. The molecule has 0 radical (unpaired) electrons. The number of hydrogen-bond donors (Lipinski definition) is 0. The third-order valence-corrected chi connectivity index (χ3v) is 9.60. The molecule has 5 nitrogen and oxygen atoms in total. The molecular weight excluding hydrogens is 611 g/mol. The molecule has 0 unspecified atom stereocenters. The van der Waals surface area contributed by atoms with Gasteiger partial charge in [0, 0.05) is 32.8 Å². The van der Waals surface area contributed by atoms with Crippen molar-refractivity contribution in [2.75, 3.05) is 0 Å². The van der Waals surface area contributed by atoms with E-state index in [0.717, 1.165) is 77.2 Å². The summed E-state index contributed by atoms with van der Waals surface area (Å²) in [5, 5.41) is 34.3. The highest BCUT2D eigenvalue weighted by molar-refractivity contribution is 6.12. The summed E-state index contributed by atoms with van der Waals surface area (Å²) in [5.41, 5.74) is 11.3. The van der Waals surface area contributed by atoms with Crippen LogP contribution in [-0.2, 0) is 0 Å². The second-order valence-corrected chi connectivity index (χ2v) is 12.3. The summed E-state index contributed by atoms with van der Waals surface area (Å²) >= 11 is 0. The van der Waals surface area contributed by atoms with E-state index in [1.54, 1.807) is 0 Å². The average Bonchev–Trinajstić information content (AvgIpc) is 3.70. The molecule has 0 amide bonds. The van der Waals surface area contributed by atoms with Crippen LogP contribution >= 0.6 is 0 Å². The van der Waals surface area contributed by atoms with Crippen molar-refractivity contribution < 1.29 is 0 Å². The number of benzene rings is 7. The van der Waals surface area contributed by atoms with E-state index in [1.807, 2.05) is 84.9 Å². The van der Waals surface area contributed by atoms with Gasteiger partial charge in [-0.2, -0.15) is 15.8 Å². The topological polar surface area (TPSA) is 81.2 Å². The molecule has 9 aromatic rings. The van der Waals surface area contributed by atoms with Crippen molar-refractivity contribution in [3.63, 3.8) is 0 Å². The average molecular weight is 636 g/mol. The summed E-state index contributed by atoms with van der Waals surface area (Å²) < 4.78 is 4.38. The lowest BCUT2D eigenvalue weighted by molar-refractivity contribution is 1.17. The molecule has 0 fully saturated rings. The highest BCUT2D eigenvalue weighted by Gasteiger charge is 2.20. The van der Waals surface area contributed by atoms with E-state index in [2.05, 4.69) is 94.1 Å². The van der Waals surface area contributed by atoms with E-state index < -0.39 is 0 Å². The molecule has 5 heteroatoms. The summed E-state index contributed by atoms with van der Waals surface area (Å²) in [7, 11) is 0. The van der Waals surface area contributed by atoms with Gasteiger partial charge in [0.05, 0.1) is 56.6 Å². The Hall–Kier alpha value is -7.39. The van der Waals surface area contributed by atoms with Crippen molar-refractivity contribution in [2.24, 2.45) is 0 Å². The first-order valence-corrected chi connectivity index (χ1v) is 16.3. The number of rotatable bonds is 4. The van der Waals surface area contributed by atoms with E-state index in [1.165, 1.54) is 0 Å². The van der Waals surface area contributed by atoms with Gasteiger partial charge in [-0.05, 0) is 77.4 Å². The van der Waals surface area contributed by atoms with E-state index in [-0.39, 0.29) is 0 Å². The van der Waals surface area contributed by atoms with Crippen molar-refractivity contribution >= 4 is 43.6 Å². The van der Waals surface area contributed by atoms with Gasteiger partial charge >= 0.3 is 0 Å². The van der Waals surface area contributed by atoms with Crippen LogP contribution in [0, 0.1) is 34.0 Å². The smallest absolute Gasteiger partial charge is 0.101 e. The first kappa shape index (κ1) is 28.8. The molecule has 0 aliphatic heterocycles. The SMILES string of the molecule is N#Cc1cc(-c2ccccc2-c2ccccc2-n2c3ccccc3c3cc(C#N)ccc32)cc(-n2c3ccccc3c3cccc(C#N)c32)c1. The minimum atomic E-state index is 0.525. The molecule has 0 aliphatic carbocycles. The minimum Gasteiger partial charge on any atom is -0.309 e. The Morgan fingerprint density at radius 2 is 1.02 bits per heavy atom. The first-order valence-electron chi connectivity index (χ1n) is 16.3. The lowest BCUT2D eigenvalue weighted by atomic mass is 9.92. The van der Waals surface area contributed by atoms with Crippen molar-refractivity contribution in [3.8, 4) is 51.8 Å². The Morgan fingerprint density at radius 3 is 1.78 bits per heavy atom. The van der Waals surface area contributed by atoms with Crippen LogP contribution in [0.15, 0.2) is 152 Å². The fourth-order valence-corrected chi connectivity index (χ4v) is 7.51. The maximum absolute atomic E-state index is 10.3. The zero-order valence-corrected chi connectivity index (χ0v) is 26.7. The summed E-state index contributed by atoms with van der Waals surface area (Å²) in [6, 6.07) is 57.8. The van der Waals surface area contributed by atoms with Crippen LogP contribution in [0.3, 0.4) is 0 Å². The van der Waals surface area contributed by atoms with Gasteiger partial charge in [-0.1, -0.05) is 91.0 Å². The fourth-order valence-electron chi connectivity index (χ4n) is 7.51. The monoisotopic (exact) mass is 635 g/mol. The predicted octanol–water partition coefficient (Wildman–Crippen LogP) is 10.8. The van der Waals surface area contributed by atoms with E-state index in [0.29, 0.717) is 16.7 Å². The van der Waals surface area contributed by atoms with Crippen molar-refractivity contribution in [1.29, 1.82) is 15.8 Å². The van der Waals surface area contributed by atoms with Gasteiger partial charge in [0.15, 0.2) is 0 Å². The van der Waals surface area contributed by atoms with Crippen LogP contribution < -0.4 is 0 Å². The summed E-state index contributed by atoms with van der Waals surface area (Å²) in [6.07, 6.45) is 0.